The number of Topliss-reactive ketones (excluding diaryl/α,β-unsaturated/α-hetero) is 1. The van der Waals surface area contributed by atoms with Gasteiger partial charge < -0.3 is 19.5 Å². The summed E-state index contributed by atoms with van der Waals surface area (Å²) in [5, 5.41) is 11.3. The van der Waals surface area contributed by atoms with Crippen molar-refractivity contribution in [3.63, 3.8) is 0 Å². The molecule has 0 bridgehead atoms. The van der Waals surface area contributed by atoms with E-state index in [1.54, 1.807) is 42.5 Å². The first-order valence-corrected chi connectivity index (χ1v) is 13.5. The third-order valence-corrected chi connectivity index (χ3v) is 7.33. The second-order valence-corrected chi connectivity index (χ2v) is 10.1. The van der Waals surface area contributed by atoms with E-state index >= 15 is 4.39 Å². The number of hydrogen-bond donors (Lipinski definition) is 1. The Hall–Kier alpha value is -4.01. The normalized spacial score (nSPS) is 19.2. The quantitative estimate of drug-likeness (QED) is 0.236. The van der Waals surface area contributed by atoms with Gasteiger partial charge in [-0.05, 0) is 49.2 Å². The Labute approximate surface area is 233 Å². The summed E-state index contributed by atoms with van der Waals surface area (Å²) in [6, 6.07) is 19.7. The smallest absolute Gasteiger partial charge is 0.295 e. The number of nitrogens with zero attached hydrogens (tertiary/aromatic N) is 2. The predicted octanol–water partition coefficient (Wildman–Crippen LogP) is 4.86. The van der Waals surface area contributed by atoms with Crippen molar-refractivity contribution in [3.8, 4) is 5.75 Å². The number of carbonyl (C=O) groups is 2. The number of likely N-dealkylation sites (tertiary alicyclic amines) is 1. The van der Waals surface area contributed by atoms with E-state index in [1.165, 1.54) is 11.0 Å². The highest BCUT2D eigenvalue weighted by Gasteiger charge is 2.46. The molecule has 1 unspecified atom stereocenters. The summed E-state index contributed by atoms with van der Waals surface area (Å²) in [6.45, 7) is 6.31. The number of aliphatic hydroxyl groups is 1. The minimum absolute atomic E-state index is 0.116. The van der Waals surface area contributed by atoms with Crippen LogP contribution < -0.4 is 4.74 Å². The third-order valence-electron chi connectivity index (χ3n) is 7.33. The van der Waals surface area contributed by atoms with Gasteiger partial charge in [-0.15, -0.1) is 0 Å². The van der Waals surface area contributed by atoms with Gasteiger partial charge in [0, 0.05) is 37.3 Å². The van der Waals surface area contributed by atoms with E-state index in [-0.39, 0.29) is 23.4 Å². The van der Waals surface area contributed by atoms with E-state index in [1.807, 2.05) is 31.2 Å². The molecule has 208 valence electrons. The molecule has 0 spiro atoms. The van der Waals surface area contributed by atoms with E-state index in [4.69, 9.17) is 9.47 Å². The molecule has 2 fully saturated rings. The van der Waals surface area contributed by atoms with Gasteiger partial charge >= 0.3 is 0 Å². The van der Waals surface area contributed by atoms with E-state index in [0.717, 1.165) is 30.8 Å². The lowest BCUT2D eigenvalue weighted by molar-refractivity contribution is -0.140. The summed E-state index contributed by atoms with van der Waals surface area (Å²) in [5.41, 5.74) is 2.58. The summed E-state index contributed by atoms with van der Waals surface area (Å²) in [7, 11) is 0. The van der Waals surface area contributed by atoms with E-state index in [0.29, 0.717) is 37.6 Å². The number of amides is 1. The van der Waals surface area contributed by atoms with Crippen molar-refractivity contribution in [1.82, 2.24) is 9.80 Å². The van der Waals surface area contributed by atoms with Gasteiger partial charge in [0.15, 0.2) is 0 Å². The molecule has 1 N–H and O–H groups in total. The monoisotopic (exact) mass is 544 g/mol. The fourth-order valence-electron chi connectivity index (χ4n) is 5.25. The van der Waals surface area contributed by atoms with Gasteiger partial charge in [0.1, 0.15) is 23.9 Å². The van der Waals surface area contributed by atoms with Crippen LogP contribution in [0.3, 0.4) is 0 Å². The number of aliphatic hydroxyl groups excluding tert-OH is 1. The molecule has 0 radical (unpaired) electrons. The van der Waals surface area contributed by atoms with Crippen molar-refractivity contribution >= 4 is 17.4 Å². The Balaban J connectivity index is 1.39. The summed E-state index contributed by atoms with van der Waals surface area (Å²) in [4.78, 5) is 30.1. The Bertz CT molecular complexity index is 1400. The molecule has 7 nitrogen and oxygen atoms in total. The minimum atomic E-state index is -1.02. The molecule has 1 amide bonds. The molecular weight excluding hydrogens is 511 g/mol. The van der Waals surface area contributed by atoms with Gasteiger partial charge in [0.2, 0.25) is 0 Å². The number of benzene rings is 3. The number of morpholine rings is 1. The van der Waals surface area contributed by atoms with Crippen molar-refractivity contribution in [3.05, 3.63) is 106 Å². The summed E-state index contributed by atoms with van der Waals surface area (Å²) in [5.74, 6) is -1.86. The lowest BCUT2D eigenvalue weighted by Gasteiger charge is -2.29. The first-order valence-electron chi connectivity index (χ1n) is 13.5. The van der Waals surface area contributed by atoms with Crippen molar-refractivity contribution in [2.75, 3.05) is 39.4 Å². The van der Waals surface area contributed by atoms with Crippen LogP contribution in [0.2, 0.25) is 0 Å². The van der Waals surface area contributed by atoms with Gasteiger partial charge in [-0.25, -0.2) is 4.39 Å². The fraction of sp³-hybridized carbons (Fsp3) is 0.312. The van der Waals surface area contributed by atoms with E-state index in [2.05, 4.69) is 4.90 Å². The average molecular weight is 545 g/mol. The standard InChI is InChI=1S/C32H33FN2O5/c1-22-6-4-7-23(20-22)21-40-25-12-10-24(11-13-25)30(36)28-29(26-8-2-3-9-27(26)33)35(32(38)31(28)37)15-5-14-34-16-18-39-19-17-34/h2-4,6-13,20,29,36H,5,14-19,21H2,1H3. The molecule has 0 saturated carbocycles. The van der Waals surface area contributed by atoms with E-state index in [9.17, 15) is 14.7 Å². The van der Waals surface area contributed by atoms with Gasteiger partial charge in [0.25, 0.3) is 11.7 Å². The topological polar surface area (TPSA) is 79.3 Å². The Kier molecular flexibility index (Phi) is 8.57. The molecule has 0 aliphatic carbocycles. The zero-order valence-corrected chi connectivity index (χ0v) is 22.5. The first kappa shape index (κ1) is 27.6. The summed E-state index contributed by atoms with van der Waals surface area (Å²) >= 11 is 0. The molecule has 1 atom stereocenters. The van der Waals surface area contributed by atoms with Crippen molar-refractivity contribution in [1.29, 1.82) is 0 Å². The Morgan fingerprint density at radius 2 is 1.75 bits per heavy atom. The molecule has 2 aliphatic rings. The summed E-state index contributed by atoms with van der Waals surface area (Å²) < 4.78 is 26.3. The Morgan fingerprint density at radius 3 is 2.48 bits per heavy atom. The second kappa shape index (κ2) is 12.4. The molecule has 2 aliphatic heterocycles. The molecule has 8 heteroatoms. The average Bonchev–Trinajstić information content (AvgIpc) is 3.22. The maximum atomic E-state index is 15.0. The van der Waals surface area contributed by atoms with Gasteiger partial charge in [-0.2, -0.15) is 0 Å². The molecule has 5 rings (SSSR count). The van der Waals surface area contributed by atoms with Crippen LogP contribution >= 0.6 is 0 Å². The lowest BCUT2D eigenvalue weighted by Crippen LogP contribution is -2.39. The summed E-state index contributed by atoms with van der Waals surface area (Å²) in [6.07, 6.45) is 0.602. The predicted molar refractivity (Wildman–Crippen MR) is 149 cm³/mol. The number of hydrogen-bond acceptors (Lipinski definition) is 6. The molecule has 3 aromatic carbocycles. The number of rotatable bonds is 9. The van der Waals surface area contributed by atoms with Gasteiger partial charge in [0.05, 0.1) is 24.8 Å². The highest BCUT2D eigenvalue weighted by Crippen LogP contribution is 2.40. The van der Waals surface area contributed by atoms with Crippen LogP contribution in [0, 0.1) is 12.7 Å². The number of halogens is 1. The zero-order chi connectivity index (χ0) is 28.1. The maximum Gasteiger partial charge on any atom is 0.295 e. The van der Waals surface area contributed by atoms with Crippen LogP contribution in [-0.2, 0) is 20.9 Å². The zero-order valence-electron chi connectivity index (χ0n) is 22.5. The number of aryl methyl sites for hydroxylation is 1. The molecule has 0 aromatic heterocycles. The highest BCUT2D eigenvalue weighted by atomic mass is 19.1. The largest absolute Gasteiger partial charge is 0.507 e. The molecule has 40 heavy (non-hydrogen) atoms. The fourth-order valence-corrected chi connectivity index (χ4v) is 5.25. The number of ketones is 1. The first-order chi connectivity index (χ1) is 19.4. The lowest BCUT2D eigenvalue weighted by atomic mass is 9.95. The maximum absolute atomic E-state index is 15.0. The van der Waals surface area contributed by atoms with Crippen LogP contribution in [0.15, 0.2) is 78.4 Å². The van der Waals surface area contributed by atoms with Gasteiger partial charge in [-0.1, -0.05) is 48.0 Å². The molecular formula is C32H33FN2O5. The van der Waals surface area contributed by atoms with Crippen molar-refractivity contribution in [2.45, 2.75) is 26.0 Å². The number of carbonyl (C=O) groups excluding carboxylic acids is 2. The van der Waals surface area contributed by atoms with Crippen LogP contribution in [0.1, 0.15) is 34.7 Å². The van der Waals surface area contributed by atoms with Crippen LogP contribution in [0.4, 0.5) is 4.39 Å². The van der Waals surface area contributed by atoms with Crippen molar-refractivity contribution < 1.29 is 28.6 Å². The Morgan fingerprint density at radius 1 is 1.00 bits per heavy atom. The molecule has 3 aromatic rings. The third kappa shape index (κ3) is 6.08. The molecule has 2 heterocycles. The minimum Gasteiger partial charge on any atom is -0.507 e. The van der Waals surface area contributed by atoms with Crippen LogP contribution in [0.5, 0.6) is 5.75 Å². The highest BCUT2D eigenvalue weighted by molar-refractivity contribution is 6.46. The second-order valence-electron chi connectivity index (χ2n) is 10.1. The van der Waals surface area contributed by atoms with Crippen molar-refractivity contribution in [2.24, 2.45) is 0 Å². The van der Waals surface area contributed by atoms with E-state index < -0.39 is 23.5 Å². The SMILES string of the molecule is Cc1cccc(COc2ccc(C(O)=C3C(=O)C(=O)N(CCCN4CCOCC4)C3c3ccccc3F)cc2)c1. The van der Waals surface area contributed by atoms with Gasteiger partial charge in [-0.3, -0.25) is 14.5 Å². The molecule has 2 saturated heterocycles. The van der Waals surface area contributed by atoms with Crippen LogP contribution in [-0.4, -0.2) is 66.0 Å². The number of ether oxygens (including phenoxy) is 2. The van der Waals surface area contributed by atoms with Crippen LogP contribution in [0.25, 0.3) is 5.76 Å².